The van der Waals surface area contributed by atoms with Crippen LogP contribution < -0.4 is 0 Å². The van der Waals surface area contributed by atoms with E-state index >= 15 is 0 Å². The third-order valence-corrected chi connectivity index (χ3v) is 3.76. The molecule has 1 aromatic carbocycles. The fourth-order valence-corrected chi connectivity index (χ4v) is 2.43. The van der Waals surface area contributed by atoms with Gasteiger partial charge >= 0.3 is 5.97 Å². The normalized spacial score (nSPS) is 13.7. The highest BCUT2D eigenvalue weighted by Gasteiger charge is 2.21. The van der Waals surface area contributed by atoms with Crippen LogP contribution in [0.4, 0.5) is 0 Å². The van der Waals surface area contributed by atoms with Crippen LogP contribution in [0.1, 0.15) is 55.3 Å². The molecule has 0 aromatic heterocycles. The van der Waals surface area contributed by atoms with Crippen molar-refractivity contribution in [1.29, 1.82) is 0 Å². The zero-order chi connectivity index (χ0) is 17.4. The predicted molar refractivity (Wildman–Crippen MR) is 89.7 cm³/mol. The molecule has 0 saturated heterocycles. The zero-order valence-electron chi connectivity index (χ0n) is 14.7. The molecule has 5 nitrogen and oxygen atoms in total. The van der Waals surface area contributed by atoms with Crippen LogP contribution in [0.5, 0.6) is 0 Å². The maximum Gasteiger partial charge on any atom is 0.338 e. The summed E-state index contributed by atoms with van der Waals surface area (Å²) in [5, 5.41) is 0. The second-order valence-corrected chi connectivity index (χ2v) is 5.26. The summed E-state index contributed by atoms with van der Waals surface area (Å²) in [6, 6.07) is 6.56. The van der Waals surface area contributed by atoms with Gasteiger partial charge in [-0.25, -0.2) is 4.79 Å². The van der Waals surface area contributed by atoms with Gasteiger partial charge in [-0.1, -0.05) is 26.0 Å². The Hall–Kier alpha value is -1.72. The summed E-state index contributed by atoms with van der Waals surface area (Å²) in [5.41, 5.74) is 0.830. The van der Waals surface area contributed by atoms with Gasteiger partial charge in [0.25, 0.3) is 0 Å². The monoisotopic (exact) mass is 321 g/mol. The van der Waals surface area contributed by atoms with Gasteiger partial charge < -0.3 is 9.47 Å². The Kier molecular flexibility index (Phi) is 7.92. The van der Waals surface area contributed by atoms with E-state index in [1.165, 1.54) is 0 Å². The van der Waals surface area contributed by atoms with E-state index in [0.29, 0.717) is 17.7 Å². The fraction of sp³-hybridized carbons (Fsp3) is 0.556. The molecule has 1 aromatic rings. The van der Waals surface area contributed by atoms with Gasteiger partial charge in [-0.05, 0) is 46.0 Å². The van der Waals surface area contributed by atoms with Crippen LogP contribution >= 0.6 is 0 Å². The van der Waals surface area contributed by atoms with Crippen LogP contribution in [0.2, 0.25) is 0 Å². The Labute approximate surface area is 138 Å². The molecule has 0 bridgehead atoms. The SMILES string of the molecule is CCOC(=O)c1cccc(C(=O)C(C)OC(C)N(CC)CC)c1. The molecule has 0 N–H and O–H groups in total. The minimum absolute atomic E-state index is 0.141. The van der Waals surface area contributed by atoms with Gasteiger partial charge in [-0.15, -0.1) is 0 Å². The van der Waals surface area contributed by atoms with Crippen LogP contribution in [0.3, 0.4) is 0 Å². The minimum atomic E-state index is -0.581. The smallest absolute Gasteiger partial charge is 0.338 e. The topological polar surface area (TPSA) is 55.8 Å². The largest absolute Gasteiger partial charge is 0.462 e. The van der Waals surface area contributed by atoms with E-state index in [2.05, 4.69) is 18.7 Å². The van der Waals surface area contributed by atoms with Gasteiger partial charge in [0.15, 0.2) is 5.78 Å². The number of carbonyl (C=O) groups is 2. The van der Waals surface area contributed by atoms with Crippen molar-refractivity contribution >= 4 is 11.8 Å². The van der Waals surface area contributed by atoms with E-state index in [-0.39, 0.29) is 12.0 Å². The lowest BCUT2D eigenvalue weighted by molar-refractivity contribution is -0.0670. The fourth-order valence-electron chi connectivity index (χ4n) is 2.43. The second kappa shape index (κ2) is 9.43. The van der Waals surface area contributed by atoms with Gasteiger partial charge in [0.1, 0.15) is 12.3 Å². The first-order valence-corrected chi connectivity index (χ1v) is 8.15. The number of hydrogen-bond acceptors (Lipinski definition) is 5. The molecule has 0 heterocycles. The van der Waals surface area contributed by atoms with Crippen molar-refractivity contribution in [3.05, 3.63) is 35.4 Å². The number of nitrogens with zero attached hydrogens (tertiary/aromatic N) is 1. The highest BCUT2D eigenvalue weighted by atomic mass is 16.5. The highest BCUT2D eigenvalue weighted by Crippen LogP contribution is 2.13. The molecule has 0 saturated carbocycles. The van der Waals surface area contributed by atoms with E-state index in [0.717, 1.165) is 13.1 Å². The zero-order valence-corrected chi connectivity index (χ0v) is 14.7. The molecule has 0 spiro atoms. The number of carbonyl (C=O) groups excluding carboxylic acids is 2. The molecule has 1 rings (SSSR count). The third-order valence-electron chi connectivity index (χ3n) is 3.76. The lowest BCUT2D eigenvalue weighted by Gasteiger charge is -2.28. The summed E-state index contributed by atoms with van der Waals surface area (Å²) in [5.74, 6) is -0.567. The van der Waals surface area contributed by atoms with E-state index < -0.39 is 12.1 Å². The van der Waals surface area contributed by atoms with Gasteiger partial charge in [-0.2, -0.15) is 0 Å². The average Bonchev–Trinajstić information content (AvgIpc) is 2.55. The summed E-state index contributed by atoms with van der Waals surface area (Å²) >= 11 is 0. The standard InChI is InChI=1S/C18H27NO4/c1-6-19(7-2)14(5)23-13(4)17(20)15-10-9-11-16(12-15)18(21)22-8-3/h9-14H,6-8H2,1-5H3. The van der Waals surface area contributed by atoms with Crippen LogP contribution in [0.25, 0.3) is 0 Å². The molecular weight excluding hydrogens is 294 g/mol. The molecule has 0 aliphatic heterocycles. The molecule has 2 unspecified atom stereocenters. The van der Waals surface area contributed by atoms with Gasteiger partial charge in [-0.3, -0.25) is 9.69 Å². The molecule has 5 heteroatoms. The quantitative estimate of drug-likeness (QED) is 0.397. The first-order chi connectivity index (χ1) is 10.9. The highest BCUT2D eigenvalue weighted by molar-refractivity contribution is 6.01. The number of benzene rings is 1. The average molecular weight is 321 g/mol. The first kappa shape index (κ1) is 19.3. The molecule has 0 aliphatic carbocycles. The number of ketones is 1. The van der Waals surface area contributed by atoms with Crippen molar-refractivity contribution < 1.29 is 19.1 Å². The molecule has 0 amide bonds. The number of Topliss-reactive ketones (excluding diaryl/α,β-unsaturated/α-hetero) is 1. The van der Waals surface area contributed by atoms with Crippen molar-refractivity contribution in [1.82, 2.24) is 4.90 Å². The first-order valence-electron chi connectivity index (χ1n) is 8.15. The Morgan fingerprint density at radius 1 is 1.09 bits per heavy atom. The van der Waals surface area contributed by atoms with Gasteiger partial charge in [0.2, 0.25) is 0 Å². The van der Waals surface area contributed by atoms with E-state index in [1.807, 2.05) is 6.92 Å². The van der Waals surface area contributed by atoms with E-state index in [4.69, 9.17) is 9.47 Å². The minimum Gasteiger partial charge on any atom is -0.462 e. The lowest BCUT2D eigenvalue weighted by atomic mass is 10.0. The maximum absolute atomic E-state index is 12.5. The van der Waals surface area contributed by atoms with Crippen LogP contribution in [0, 0.1) is 0 Å². The number of rotatable bonds is 9. The Bertz CT molecular complexity index is 526. The van der Waals surface area contributed by atoms with E-state index in [1.54, 1.807) is 38.1 Å². The molecule has 2 atom stereocenters. The molecular formula is C18H27NO4. The van der Waals surface area contributed by atoms with Crippen LogP contribution in [0.15, 0.2) is 24.3 Å². The number of ether oxygens (including phenoxy) is 2. The molecule has 0 radical (unpaired) electrons. The van der Waals surface area contributed by atoms with Crippen molar-refractivity contribution in [3.8, 4) is 0 Å². The van der Waals surface area contributed by atoms with Crippen LogP contribution in [-0.4, -0.2) is 48.7 Å². The predicted octanol–water partition coefficient (Wildman–Crippen LogP) is 3.14. The molecule has 128 valence electrons. The lowest BCUT2D eigenvalue weighted by Crippen LogP contribution is -2.38. The maximum atomic E-state index is 12.5. The summed E-state index contributed by atoms with van der Waals surface area (Å²) < 4.78 is 10.8. The second-order valence-electron chi connectivity index (χ2n) is 5.26. The summed E-state index contributed by atoms with van der Waals surface area (Å²) in [4.78, 5) is 26.4. The Morgan fingerprint density at radius 3 is 2.26 bits per heavy atom. The summed E-state index contributed by atoms with van der Waals surface area (Å²) in [6.07, 6.45) is -0.722. The van der Waals surface area contributed by atoms with Crippen LogP contribution in [-0.2, 0) is 9.47 Å². The van der Waals surface area contributed by atoms with Crippen molar-refractivity contribution in [2.45, 2.75) is 47.0 Å². The number of esters is 1. The molecule has 0 fully saturated rings. The Balaban J connectivity index is 2.80. The van der Waals surface area contributed by atoms with Gasteiger partial charge in [0, 0.05) is 5.56 Å². The van der Waals surface area contributed by atoms with E-state index in [9.17, 15) is 9.59 Å². The van der Waals surface area contributed by atoms with Crippen molar-refractivity contribution in [3.63, 3.8) is 0 Å². The molecule has 0 aliphatic rings. The third kappa shape index (κ3) is 5.44. The Morgan fingerprint density at radius 2 is 1.70 bits per heavy atom. The van der Waals surface area contributed by atoms with Crippen molar-refractivity contribution in [2.75, 3.05) is 19.7 Å². The van der Waals surface area contributed by atoms with Crippen molar-refractivity contribution in [2.24, 2.45) is 0 Å². The van der Waals surface area contributed by atoms with Gasteiger partial charge in [0.05, 0.1) is 12.2 Å². The summed E-state index contributed by atoms with van der Waals surface area (Å²) in [6.45, 7) is 11.5. The summed E-state index contributed by atoms with van der Waals surface area (Å²) in [7, 11) is 0. The molecule has 23 heavy (non-hydrogen) atoms. The number of hydrogen-bond donors (Lipinski definition) is 0.